The number of hydrogen-bond acceptors (Lipinski definition) is 3. The number of carboxylic acid groups (broad SMARTS) is 1. The SMILES string of the molecule is CC(Cc1ccc(NC(=O)c2cnn(C)c2C2CC2)cc1)C(=O)O. The van der Waals surface area contributed by atoms with E-state index in [4.69, 9.17) is 5.11 Å². The normalized spacial score (nSPS) is 15.1. The molecule has 2 aromatic rings. The number of carboxylic acids is 1. The summed E-state index contributed by atoms with van der Waals surface area (Å²) in [5.41, 5.74) is 3.25. The monoisotopic (exact) mass is 327 g/mol. The van der Waals surface area contributed by atoms with Gasteiger partial charge in [-0.15, -0.1) is 0 Å². The summed E-state index contributed by atoms with van der Waals surface area (Å²) in [6, 6.07) is 7.30. The first kappa shape index (κ1) is 16.2. The molecule has 1 saturated carbocycles. The van der Waals surface area contributed by atoms with E-state index in [1.165, 1.54) is 0 Å². The molecule has 0 spiro atoms. The molecule has 1 heterocycles. The summed E-state index contributed by atoms with van der Waals surface area (Å²) in [5.74, 6) is -0.951. The van der Waals surface area contributed by atoms with Gasteiger partial charge in [-0.25, -0.2) is 0 Å². The van der Waals surface area contributed by atoms with Gasteiger partial charge >= 0.3 is 5.97 Å². The second kappa shape index (κ2) is 6.47. The molecule has 1 aliphatic carbocycles. The summed E-state index contributed by atoms with van der Waals surface area (Å²) < 4.78 is 1.78. The molecule has 0 radical (unpaired) electrons. The number of benzene rings is 1. The van der Waals surface area contributed by atoms with Gasteiger partial charge in [0.25, 0.3) is 5.91 Å². The van der Waals surface area contributed by atoms with E-state index in [1.54, 1.807) is 29.9 Å². The molecule has 1 aromatic heterocycles. The second-order valence-corrected chi connectivity index (χ2v) is 6.44. The van der Waals surface area contributed by atoms with Crippen LogP contribution >= 0.6 is 0 Å². The number of nitrogens with zero attached hydrogens (tertiary/aromatic N) is 2. The van der Waals surface area contributed by atoms with Crippen molar-refractivity contribution >= 4 is 17.6 Å². The van der Waals surface area contributed by atoms with Gasteiger partial charge in [0.15, 0.2) is 0 Å². The molecule has 3 rings (SSSR count). The summed E-state index contributed by atoms with van der Waals surface area (Å²) in [5, 5.41) is 16.0. The van der Waals surface area contributed by atoms with Crippen molar-refractivity contribution in [1.82, 2.24) is 9.78 Å². The highest BCUT2D eigenvalue weighted by Crippen LogP contribution is 2.41. The number of aliphatic carboxylic acids is 1. The molecule has 1 fully saturated rings. The fourth-order valence-electron chi connectivity index (χ4n) is 2.83. The molecule has 1 atom stereocenters. The summed E-state index contributed by atoms with van der Waals surface area (Å²) in [6.07, 6.45) is 4.30. The summed E-state index contributed by atoms with van der Waals surface area (Å²) in [6.45, 7) is 1.68. The van der Waals surface area contributed by atoms with Gasteiger partial charge in [-0.05, 0) is 37.0 Å². The highest BCUT2D eigenvalue weighted by Gasteiger charge is 2.31. The van der Waals surface area contributed by atoms with E-state index >= 15 is 0 Å². The molecular formula is C18H21N3O3. The number of aromatic nitrogens is 2. The predicted octanol–water partition coefficient (Wildman–Crippen LogP) is 2.81. The van der Waals surface area contributed by atoms with Crippen LogP contribution in [0, 0.1) is 5.92 Å². The lowest BCUT2D eigenvalue weighted by molar-refractivity contribution is -0.141. The van der Waals surface area contributed by atoms with Crippen LogP contribution in [0.15, 0.2) is 30.5 Å². The van der Waals surface area contributed by atoms with Crippen LogP contribution in [-0.4, -0.2) is 26.8 Å². The number of rotatable bonds is 6. The third-order valence-electron chi connectivity index (χ3n) is 4.37. The summed E-state index contributed by atoms with van der Waals surface area (Å²) in [7, 11) is 1.86. The zero-order chi connectivity index (χ0) is 17.3. The number of hydrogen-bond donors (Lipinski definition) is 2. The van der Waals surface area contributed by atoms with Crippen molar-refractivity contribution in [1.29, 1.82) is 0 Å². The van der Waals surface area contributed by atoms with E-state index in [2.05, 4.69) is 10.4 Å². The molecule has 1 aromatic carbocycles. The first-order valence-corrected chi connectivity index (χ1v) is 8.10. The average molecular weight is 327 g/mol. The lowest BCUT2D eigenvalue weighted by Crippen LogP contribution is -2.14. The van der Waals surface area contributed by atoms with Gasteiger partial charge in [0.05, 0.1) is 23.4 Å². The third kappa shape index (κ3) is 3.48. The molecule has 24 heavy (non-hydrogen) atoms. The Morgan fingerprint density at radius 2 is 2.00 bits per heavy atom. The lowest BCUT2D eigenvalue weighted by atomic mass is 10.0. The maximum atomic E-state index is 12.5. The van der Waals surface area contributed by atoms with E-state index in [-0.39, 0.29) is 5.91 Å². The number of nitrogens with one attached hydrogen (secondary N) is 1. The van der Waals surface area contributed by atoms with Gasteiger partial charge in [0.1, 0.15) is 0 Å². The smallest absolute Gasteiger partial charge is 0.306 e. The molecule has 126 valence electrons. The minimum Gasteiger partial charge on any atom is -0.481 e. The van der Waals surface area contributed by atoms with Crippen LogP contribution in [0.2, 0.25) is 0 Å². The highest BCUT2D eigenvalue weighted by molar-refractivity contribution is 6.05. The Bertz CT molecular complexity index is 760. The molecule has 0 saturated heterocycles. The fraction of sp³-hybridized carbons (Fsp3) is 0.389. The van der Waals surface area contributed by atoms with Crippen LogP contribution in [0.1, 0.15) is 47.3 Å². The molecule has 1 amide bonds. The van der Waals surface area contributed by atoms with Crippen molar-refractivity contribution in [3.05, 3.63) is 47.3 Å². The Labute approximate surface area is 140 Å². The van der Waals surface area contributed by atoms with Crippen molar-refractivity contribution in [2.75, 3.05) is 5.32 Å². The van der Waals surface area contributed by atoms with Crippen molar-refractivity contribution < 1.29 is 14.7 Å². The topological polar surface area (TPSA) is 84.2 Å². The Kier molecular flexibility index (Phi) is 4.38. The molecule has 1 unspecified atom stereocenters. The van der Waals surface area contributed by atoms with Crippen molar-refractivity contribution in [2.24, 2.45) is 13.0 Å². The van der Waals surface area contributed by atoms with Crippen LogP contribution < -0.4 is 5.32 Å². The van der Waals surface area contributed by atoms with Crippen molar-refractivity contribution in [3.63, 3.8) is 0 Å². The van der Waals surface area contributed by atoms with Crippen LogP contribution in [0.5, 0.6) is 0 Å². The molecule has 1 aliphatic rings. The fourth-order valence-corrected chi connectivity index (χ4v) is 2.83. The zero-order valence-corrected chi connectivity index (χ0v) is 13.8. The predicted molar refractivity (Wildman–Crippen MR) is 90.1 cm³/mol. The highest BCUT2D eigenvalue weighted by atomic mass is 16.4. The quantitative estimate of drug-likeness (QED) is 0.854. The minimum atomic E-state index is -0.809. The Hall–Kier alpha value is -2.63. The molecule has 0 aliphatic heterocycles. The van der Waals surface area contributed by atoms with E-state index in [1.807, 2.05) is 19.2 Å². The minimum absolute atomic E-state index is 0.156. The Balaban J connectivity index is 1.68. The molecule has 0 bridgehead atoms. The second-order valence-electron chi connectivity index (χ2n) is 6.44. The Morgan fingerprint density at radius 1 is 1.33 bits per heavy atom. The van der Waals surface area contributed by atoms with E-state index in [0.29, 0.717) is 23.6 Å². The average Bonchev–Trinajstić information content (AvgIpc) is 3.31. The van der Waals surface area contributed by atoms with Crippen molar-refractivity contribution in [3.8, 4) is 0 Å². The first-order valence-electron chi connectivity index (χ1n) is 8.10. The largest absolute Gasteiger partial charge is 0.481 e. The number of aryl methyl sites for hydroxylation is 1. The van der Waals surface area contributed by atoms with Gasteiger partial charge in [0, 0.05) is 18.7 Å². The number of carbonyl (C=O) groups is 2. The van der Waals surface area contributed by atoms with E-state index in [0.717, 1.165) is 24.1 Å². The summed E-state index contributed by atoms with van der Waals surface area (Å²) >= 11 is 0. The van der Waals surface area contributed by atoms with E-state index < -0.39 is 11.9 Å². The Morgan fingerprint density at radius 3 is 2.58 bits per heavy atom. The van der Waals surface area contributed by atoms with Gasteiger partial charge in [-0.2, -0.15) is 5.10 Å². The van der Waals surface area contributed by atoms with Gasteiger partial charge in [-0.3, -0.25) is 14.3 Å². The summed E-state index contributed by atoms with van der Waals surface area (Å²) in [4.78, 5) is 23.4. The molecular weight excluding hydrogens is 306 g/mol. The zero-order valence-electron chi connectivity index (χ0n) is 13.8. The molecule has 6 nitrogen and oxygen atoms in total. The number of amides is 1. The van der Waals surface area contributed by atoms with Crippen LogP contribution in [0.25, 0.3) is 0 Å². The van der Waals surface area contributed by atoms with E-state index in [9.17, 15) is 9.59 Å². The standard InChI is InChI=1S/C18H21N3O3/c1-11(18(23)24)9-12-3-7-14(8-4-12)20-17(22)15-10-19-21(2)16(15)13-5-6-13/h3-4,7-8,10-11,13H,5-6,9H2,1-2H3,(H,20,22)(H,23,24). The van der Waals surface area contributed by atoms with Crippen LogP contribution in [-0.2, 0) is 18.3 Å². The van der Waals surface area contributed by atoms with Gasteiger partial charge < -0.3 is 10.4 Å². The lowest BCUT2D eigenvalue weighted by Gasteiger charge is -2.09. The number of anilines is 1. The van der Waals surface area contributed by atoms with Gasteiger partial charge in [0.2, 0.25) is 0 Å². The third-order valence-corrected chi connectivity index (χ3v) is 4.37. The maximum Gasteiger partial charge on any atom is 0.306 e. The van der Waals surface area contributed by atoms with Crippen molar-refractivity contribution in [2.45, 2.75) is 32.1 Å². The first-order chi connectivity index (χ1) is 11.5. The molecule has 2 N–H and O–H groups in total. The molecule has 6 heteroatoms. The number of carbonyl (C=O) groups excluding carboxylic acids is 1. The van der Waals surface area contributed by atoms with Crippen LogP contribution in [0.3, 0.4) is 0 Å². The van der Waals surface area contributed by atoms with Gasteiger partial charge in [-0.1, -0.05) is 19.1 Å². The van der Waals surface area contributed by atoms with Crippen LogP contribution in [0.4, 0.5) is 5.69 Å². The maximum absolute atomic E-state index is 12.5.